The Labute approximate surface area is 435 Å². The minimum atomic E-state index is -0.0709. The first-order valence-corrected chi connectivity index (χ1v) is 26.9. The molecule has 11 aromatic rings. The summed E-state index contributed by atoms with van der Waals surface area (Å²) < 4.78 is 2.71. The summed E-state index contributed by atoms with van der Waals surface area (Å²) in [5, 5.41) is 9.03. The standard InChI is InChI=1S/C69H61BN2S/c1-42-37-62-58(41-54(42)43-19-12-11-13-20-43)70-64-60(71(48-32-28-45(29-33-48)67(2,3)4)65-57-40-47(69(8,9)10)31-36-63(57)73-66(65)70)25-18-26-61(64)72(62)59-35-30-46(68(5,6)7)39-55(59)44-27-34-53-51-23-15-14-21-49(51)50-22-16-17-24-52(50)56(53)38-44/h11-41H,1-10H3. The van der Waals surface area contributed by atoms with Crippen molar-refractivity contribution in [1.29, 1.82) is 0 Å². The van der Waals surface area contributed by atoms with E-state index in [0.717, 1.165) is 0 Å². The smallest absolute Gasteiger partial charge is 0.264 e. The molecule has 0 radical (unpaired) electrons. The van der Waals surface area contributed by atoms with E-state index in [1.54, 1.807) is 0 Å². The zero-order valence-electron chi connectivity index (χ0n) is 43.8. The van der Waals surface area contributed by atoms with Gasteiger partial charge in [0.1, 0.15) is 0 Å². The number of hydrogen-bond acceptors (Lipinski definition) is 3. The molecule has 2 nitrogen and oxygen atoms in total. The molecule has 1 aromatic heterocycles. The largest absolute Gasteiger partial charge is 0.311 e. The summed E-state index contributed by atoms with van der Waals surface area (Å²) in [5.41, 5.74) is 20.2. The van der Waals surface area contributed by atoms with Gasteiger partial charge in [0.05, 0.1) is 11.4 Å². The maximum absolute atomic E-state index is 2.63. The fourth-order valence-corrected chi connectivity index (χ4v) is 13.4. The van der Waals surface area contributed by atoms with Crippen LogP contribution in [0, 0.1) is 6.92 Å². The molecule has 0 bridgehead atoms. The predicted molar refractivity (Wildman–Crippen MR) is 320 cm³/mol. The molecule has 0 saturated heterocycles. The molecule has 0 N–H and O–H groups in total. The SMILES string of the molecule is Cc1cc2c(cc1-c1ccccc1)B1c3sc4ccc(C(C)(C)C)cc4c3N(c3ccc(C(C)(C)C)cc3)c3cccc(c31)N2c1ccc(C(C)(C)C)cc1-c1ccc2c3ccccc3c3ccccc3c2c1. The van der Waals surface area contributed by atoms with Crippen LogP contribution in [0.3, 0.4) is 0 Å². The molecule has 2 aliphatic rings. The minimum absolute atomic E-state index is 0.00579. The van der Waals surface area contributed by atoms with E-state index in [9.17, 15) is 0 Å². The number of hydrogen-bond donors (Lipinski definition) is 0. The van der Waals surface area contributed by atoms with E-state index < -0.39 is 0 Å². The van der Waals surface area contributed by atoms with Gasteiger partial charge >= 0.3 is 0 Å². The number of thiophene rings is 1. The van der Waals surface area contributed by atoms with Crippen molar-refractivity contribution in [1.82, 2.24) is 0 Å². The van der Waals surface area contributed by atoms with Crippen molar-refractivity contribution in [2.45, 2.75) is 85.5 Å². The van der Waals surface area contributed by atoms with Crippen LogP contribution < -0.4 is 25.5 Å². The summed E-state index contributed by atoms with van der Waals surface area (Å²) in [7, 11) is 0. The van der Waals surface area contributed by atoms with Crippen molar-refractivity contribution in [3.8, 4) is 22.3 Å². The number of anilines is 6. The number of rotatable bonds is 4. The third-order valence-corrected chi connectivity index (χ3v) is 17.3. The Morgan fingerprint density at radius 3 is 1.59 bits per heavy atom. The Morgan fingerprint density at radius 1 is 0.384 bits per heavy atom. The lowest BCUT2D eigenvalue weighted by Crippen LogP contribution is -2.60. The zero-order chi connectivity index (χ0) is 50.3. The highest BCUT2D eigenvalue weighted by Gasteiger charge is 2.46. The van der Waals surface area contributed by atoms with Gasteiger partial charge in [-0.1, -0.05) is 190 Å². The van der Waals surface area contributed by atoms with Crippen molar-refractivity contribution in [3.05, 3.63) is 210 Å². The van der Waals surface area contributed by atoms with E-state index >= 15 is 0 Å². The monoisotopic (exact) mass is 960 g/mol. The maximum Gasteiger partial charge on any atom is 0.264 e. The predicted octanol–water partition coefficient (Wildman–Crippen LogP) is 18.0. The van der Waals surface area contributed by atoms with Crippen LogP contribution in [0.5, 0.6) is 0 Å². The van der Waals surface area contributed by atoms with Crippen LogP contribution in [0.2, 0.25) is 0 Å². The molecule has 4 heteroatoms. The van der Waals surface area contributed by atoms with E-state index in [0.29, 0.717) is 0 Å². The average molecular weight is 961 g/mol. The Bertz CT molecular complexity index is 4010. The normalized spacial score (nSPS) is 13.5. The third-order valence-electron chi connectivity index (χ3n) is 16.0. The number of nitrogens with zero attached hydrogens (tertiary/aromatic N) is 2. The molecule has 0 spiro atoms. The number of aryl methyl sites for hydroxylation is 1. The van der Waals surface area contributed by atoms with Gasteiger partial charge in [-0.3, -0.25) is 0 Å². The molecule has 73 heavy (non-hydrogen) atoms. The quantitative estimate of drug-likeness (QED) is 0.128. The van der Waals surface area contributed by atoms with E-state index in [2.05, 4.69) is 267 Å². The van der Waals surface area contributed by atoms with Gasteiger partial charge in [-0.25, -0.2) is 0 Å². The number of fused-ring (bicyclic) bond motifs is 12. The van der Waals surface area contributed by atoms with Gasteiger partial charge in [-0.2, -0.15) is 0 Å². The second-order valence-electron chi connectivity index (χ2n) is 23.8. The van der Waals surface area contributed by atoms with Gasteiger partial charge in [0.15, 0.2) is 0 Å². The van der Waals surface area contributed by atoms with Crippen LogP contribution in [0.15, 0.2) is 188 Å². The van der Waals surface area contributed by atoms with Crippen molar-refractivity contribution in [3.63, 3.8) is 0 Å². The minimum Gasteiger partial charge on any atom is -0.311 e. The first kappa shape index (κ1) is 45.5. The number of benzene rings is 10. The molecular formula is C69H61BN2S. The van der Waals surface area contributed by atoms with Crippen molar-refractivity contribution >= 4 is 110 Å². The molecule has 3 heterocycles. The van der Waals surface area contributed by atoms with Gasteiger partial charge in [0.25, 0.3) is 6.71 Å². The van der Waals surface area contributed by atoms with E-state index in [-0.39, 0.29) is 23.0 Å². The second kappa shape index (κ2) is 16.3. The Morgan fingerprint density at radius 2 is 0.945 bits per heavy atom. The first-order chi connectivity index (χ1) is 35.0. The van der Waals surface area contributed by atoms with Crippen LogP contribution in [-0.4, -0.2) is 6.71 Å². The molecule has 0 fully saturated rings. The van der Waals surface area contributed by atoms with Gasteiger partial charge < -0.3 is 9.80 Å². The lowest BCUT2D eigenvalue weighted by atomic mass is 9.36. The molecular weight excluding hydrogens is 900 g/mol. The lowest BCUT2D eigenvalue weighted by Gasteiger charge is -2.44. The van der Waals surface area contributed by atoms with Crippen LogP contribution in [0.25, 0.3) is 64.7 Å². The highest BCUT2D eigenvalue weighted by Crippen LogP contribution is 2.51. The van der Waals surface area contributed by atoms with Gasteiger partial charge in [0.2, 0.25) is 0 Å². The first-order valence-electron chi connectivity index (χ1n) is 26.1. The Hall–Kier alpha value is -7.40. The summed E-state index contributed by atoms with van der Waals surface area (Å²) in [4.78, 5) is 5.24. The van der Waals surface area contributed by atoms with Gasteiger partial charge in [0, 0.05) is 43.2 Å². The molecule has 10 aromatic carbocycles. The molecule has 13 rings (SSSR count). The van der Waals surface area contributed by atoms with Gasteiger partial charge in [-0.05, 0) is 166 Å². The van der Waals surface area contributed by atoms with E-state index in [1.165, 1.54) is 137 Å². The molecule has 0 unspecified atom stereocenters. The van der Waals surface area contributed by atoms with Crippen molar-refractivity contribution in [2.24, 2.45) is 0 Å². The molecule has 0 amide bonds. The fourth-order valence-electron chi connectivity index (χ4n) is 12.1. The third kappa shape index (κ3) is 7.19. The van der Waals surface area contributed by atoms with Crippen molar-refractivity contribution in [2.75, 3.05) is 9.80 Å². The summed E-state index contributed by atoms with van der Waals surface area (Å²) >= 11 is 1.98. The molecule has 356 valence electrons. The topological polar surface area (TPSA) is 6.48 Å². The Kier molecular flexibility index (Phi) is 10.2. The molecule has 2 aliphatic heterocycles. The summed E-state index contributed by atoms with van der Waals surface area (Å²) in [6, 6.07) is 72.2. The summed E-state index contributed by atoms with van der Waals surface area (Å²) in [6.45, 7) is 23.2. The van der Waals surface area contributed by atoms with Crippen LogP contribution in [-0.2, 0) is 16.2 Å². The molecule has 0 atom stereocenters. The van der Waals surface area contributed by atoms with E-state index in [1.807, 2.05) is 11.3 Å². The molecule has 0 aliphatic carbocycles. The van der Waals surface area contributed by atoms with Gasteiger partial charge in [-0.15, -0.1) is 11.3 Å². The zero-order valence-corrected chi connectivity index (χ0v) is 44.6. The highest BCUT2D eigenvalue weighted by molar-refractivity contribution is 7.33. The Balaban J connectivity index is 1.12. The van der Waals surface area contributed by atoms with Crippen LogP contribution in [0.1, 0.15) is 84.6 Å². The summed E-state index contributed by atoms with van der Waals surface area (Å²) in [5.74, 6) is 0. The average Bonchev–Trinajstić information content (AvgIpc) is 3.77. The van der Waals surface area contributed by atoms with Crippen LogP contribution >= 0.6 is 11.3 Å². The fraction of sp³-hybridized carbons (Fsp3) is 0.188. The summed E-state index contributed by atoms with van der Waals surface area (Å²) in [6.07, 6.45) is 0. The lowest BCUT2D eigenvalue weighted by molar-refractivity contribution is 0.590. The van der Waals surface area contributed by atoms with Crippen LogP contribution in [0.4, 0.5) is 34.1 Å². The second-order valence-corrected chi connectivity index (χ2v) is 24.9. The highest BCUT2D eigenvalue weighted by atomic mass is 32.1. The molecule has 0 saturated carbocycles. The maximum atomic E-state index is 2.63. The van der Waals surface area contributed by atoms with E-state index in [4.69, 9.17) is 0 Å². The van der Waals surface area contributed by atoms with Crippen molar-refractivity contribution < 1.29 is 0 Å².